The molecule has 6 aliphatic heterocycles. The van der Waals surface area contributed by atoms with Crippen molar-refractivity contribution in [1.29, 1.82) is 0 Å². The zero-order valence-electron chi connectivity index (χ0n) is 19.0. The van der Waals surface area contributed by atoms with Gasteiger partial charge in [-0.3, -0.25) is 0 Å². The Morgan fingerprint density at radius 3 is 0.742 bits per heavy atom. The lowest BCUT2D eigenvalue weighted by molar-refractivity contribution is -0.0217. The van der Waals surface area contributed by atoms with Crippen molar-refractivity contribution in [3.8, 4) is 0 Å². The summed E-state index contributed by atoms with van der Waals surface area (Å²) in [5.74, 6) is 0. The monoisotopic (exact) mass is 578 g/mol. The first-order valence-corrected chi connectivity index (χ1v) is 27.5. The van der Waals surface area contributed by atoms with Crippen LogP contribution in [-0.2, 0) is 49.4 Å². The molecule has 0 spiro atoms. The summed E-state index contributed by atoms with van der Waals surface area (Å²) in [6.07, 6.45) is 0. The van der Waals surface area contributed by atoms with E-state index >= 15 is 0 Å². The van der Waals surface area contributed by atoms with Gasteiger partial charge in [-0.15, -0.1) is 0 Å². The molecule has 6 fully saturated rings. The van der Waals surface area contributed by atoms with Gasteiger partial charge in [0.2, 0.25) is 0 Å². The topological polar surface area (TPSA) is 111 Å². The minimum absolute atomic E-state index is 0.445. The van der Waals surface area contributed by atoms with Crippen LogP contribution in [0.5, 0.6) is 0 Å². The molecule has 0 aromatic rings. The van der Waals surface area contributed by atoms with E-state index < -0.39 is 70.4 Å². The summed E-state index contributed by atoms with van der Waals surface area (Å²) in [5, 5.41) is 0. The van der Waals surface area contributed by atoms with Gasteiger partial charge in [0.15, 0.2) is 0 Å². The van der Waals surface area contributed by atoms with E-state index in [1.165, 1.54) is 0 Å². The molecule has 8 bridgehead atoms. The second-order valence-electron chi connectivity index (χ2n) is 8.65. The van der Waals surface area contributed by atoms with E-state index in [0.29, 0.717) is 18.1 Å². The van der Waals surface area contributed by atoms with E-state index in [2.05, 4.69) is 0 Å². The number of hydrogen-bond acceptors (Lipinski definition) is 12. The summed E-state index contributed by atoms with van der Waals surface area (Å²) in [4.78, 5) is 0. The van der Waals surface area contributed by atoms with Crippen LogP contribution in [0.25, 0.3) is 0 Å². The van der Waals surface area contributed by atoms with Crippen LogP contribution in [0, 0.1) is 0 Å². The Morgan fingerprint density at radius 2 is 0.516 bits per heavy atom. The largest absolute Gasteiger partial charge is 0.478 e. The van der Waals surface area contributed by atoms with E-state index in [4.69, 9.17) is 49.4 Å². The van der Waals surface area contributed by atoms with E-state index in [1.807, 2.05) is 20.8 Å². The highest BCUT2D eigenvalue weighted by Gasteiger charge is 2.79. The molecule has 12 nitrogen and oxygen atoms in total. The quantitative estimate of drug-likeness (QED) is 0.457. The van der Waals surface area contributed by atoms with Crippen LogP contribution < -0.4 is 0 Å². The van der Waals surface area contributed by atoms with Gasteiger partial charge in [-0.2, -0.15) is 0 Å². The molecule has 0 aliphatic carbocycles. The normalized spacial score (nSPS) is 60.8. The Labute approximate surface area is 191 Å². The van der Waals surface area contributed by atoms with Crippen molar-refractivity contribution in [3.05, 3.63) is 0 Å². The van der Waals surface area contributed by atoms with Gasteiger partial charge in [0.05, 0.1) is 0 Å². The van der Waals surface area contributed by atoms with Crippen LogP contribution in [0.3, 0.4) is 0 Å². The van der Waals surface area contributed by atoms with Crippen molar-refractivity contribution >= 4 is 70.4 Å². The predicted molar refractivity (Wildman–Crippen MR) is 120 cm³/mol. The summed E-state index contributed by atoms with van der Waals surface area (Å²) >= 11 is 0. The van der Waals surface area contributed by atoms with Crippen molar-refractivity contribution in [2.24, 2.45) is 0 Å². The molecule has 0 aromatic heterocycles. The average molecular weight is 579 g/mol. The third-order valence-corrected chi connectivity index (χ3v) is 41.5. The minimum atomic E-state index is -3.45. The van der Waals surface area contributed by atoms with E-state index in [1.54, 1.807) is 32.7 Å². The van der Waals surface area contributed by atoms with Gasteiger partial charge in [0.1, 0.15) is 0 Å². The van der Waals surface area contributed by atoms with E-state index in [-0.39, 0.29) is 0 Å². The summed E-state index contributed by atoms with van der Waals surface area (Å²) in [6.45, 7) is 14.8. The van der Waals surface area contributed by atoms with Gasteiger partial charge in [-0.05, 0) is 0 Å². The van der Waals surface area contributed by atoms with Gasteiger partial charge < -0.3 is 49.4 Å². The van der Waals surface area contributed by atoms with Crippen LogP contribution >= 0.6 is 0 Å². The third kappa shape index (κ3) is 3.95. The van der Waals surface area contributed by atoms with Crippen LogP contribution in [0.1, 0.15) is 20.8 Å². The Hall–Kier alpha value is 1.26. The molecule has 31 heavy (non-hydrogen) atoms. The lowest BCUT2D eigenvalue weighted by Crippen LogP contribution is -2.86. The second kappa shape index (κ2) is 6.93. The Bertz CT molecular complexity index is 752. The van der Waals surface area contributed by atoms with Crippen LogP contribution in [-0.4, -0.2) is 70.4 Å². The van der Waals surface area contributed by atoms with Crippen LogP contribution in [0.15, 0.2) is 0 Å². The third-order valence-electron chi connectivity index (χ3n) is 5.48. The molecule has 6 heterocycles. The van der Waals surface area contributed by atoms with Crippen molar-refractivity contribution in [2.45, 2.75) is 71.6 Å². The van der Waals surface area contributed by atoms with Crippen molar-refractivity contribution in [2.75, 3.05) is 0 Å². The lowest BCUT2D eigenvalue weighted by Gasteiger charge is -2.61. The molecule has 6 saturated heterocycles. The zero-order valence-corrected chi connectivity index (χ0v) is 27.0. The van der Waals surface area contributed by atoms with Gasteiger partial charge in [0, 0.05) is 50.9 Å². The highest BCUT2D eigenvalue weighted by atomic mass is 28.6. The molecule has 4 unspecified atom stereocenters. The first-order chi connectivity index (χ1) is 14.2. The van der Waals surface area contributed by atoms with Gasteiger partial charge >= 0.3 is 70.4 Å². The van der Waals surface area contributed by atoms with Gasteiger partial charge in [-0.1, -0.05) is 20.8 Å². The molecule has 178 valence electrons. The molecule has 0 amide bonds. The lowest BCUT2D eigenvalue weighted by atomic mass is 11.0. The van der Waals surface area contributed by atoms with Crippen molar-refractivity contribution in [1.82, 2.24) is 0 Å². The number of hydrogen-bond donors (Lipinski definition) is 0. The fourth-order valence-electron chi connectivity index (χ4n) is 4.71. The molecule has 0 aromatic carbocycles. The fourth-order valence-corrected chi connectivity index (χ4v) is 51.4. The second-order valence-corrected chi connectivity index (χ2v) is 33.3. The summed E-state index contributed by atoms with van der Waals surface area (Å²) in [5.41, 5.74) is 0. The summed E-state index contributed by atoms with van der Waals surface area (Å²) in [7, 11) is -27.6. The molecule has 0 radical (unpaired) electrons. The maximum atomic E-state index is 6.73. The van der Waals surface area contributed by atoms with E-state index in [0.717, 1.165) is 0 Å². The smallest absolute Gasteiger partial charge is 0.374 e. The average Bonchev–Trinajstić information content (AvgIpc) is 2.53. The summed E-state index contributed by atoms with van der Waals surface area (Å²) in [6, 6.07) is 1.34. The minimum Gasteiger partial charge on any atom is -0.374 e. The van der Waals surface area contributed by atoms with Gasteiger partial charge in [0.25, 0.3) is 0 Å². The standard InChI is InChI=1S/C11H30O12Si8/c1-9-29-16-24(4)12-25(5)14-27(7,19-29)21-31(11-3)22-28(8,20-29)15-26(6,13-24)18-30(10-2,17-25)23-31/h9-11H2,1-8H3. The maximum absolute atomic E-state index is 6.73. The molecular formula is C11H30O12Si8. The Balaban J connectivity index is 1.80. The molecular weight excluding hydrogens is 549 g/mol. The Morgan fingerprint density at radius 1 is 0.323 bits per heavy atom. The first-order valence-electron chi connectivity index (χ1n) is 10.6. The van der Waals surface area contributed by atoms with Crippen LogP contribution in [0.2, 0.25) is 50.9 Å². The van der Waals surface area contributed by atoms with Crippen molar-refractivity contribution in [3.63, 3.8) is 0 Å². The Kier molecular flexibility index (Phi) is 5.36. The molecule has 6 rings (SSSR count). The maximum Gasteiger partial charge on any atom is 0.478 e. The fraction of sp³-hybridized carbons (Fsp3) is 1.00. The molecule has 20 heteroatoms. The number of rotatable bonds is 3. The van der Waals surface area contributed by atoms with E-state index in [9.17, 15) is 0 Å². The van der Waals surface area contributed by atoms with Crippen LogP contribution in [0.4, 0.5) is 0 Å². The molecule has 4 atom stereocenters. The highest BCUT2D eigenvalue weighted by molar-refractivity contribution is 7.02. The molecule has 0 saturated carbocycles. The first kappa shape index (κ1) is 24.0. The SMILES string of the molecule is CC[Si]12O[Si]3(C)O[Si]4(C)O[Si](C)(O1)O[Si]1(CC)O[Si](C)(O[Si](C)(O3)O[Si](CC)(O4)O1)O2. The molecule has 6 aliphatic rings. The molecule has 0 N–H and O–H groups in total. The zero-order chi connectivity index (χ0) is 22.6. The predicted octanol–water partition coefficient (Wildman–Crippen LogP) is 1.97. The van der Waals surface area contributed by atoms with Crippen molar-refractivity contribution < 1.29 is 49.4 Å². The highest BCUT2D eigenvalue weighted by Crippen LogP contribution is 2.49. The summed E-state index contributed by atoms with van der Waals surface area (Å²) < 4.78 is 79.5. The van der Waals surface area contributed by atoms with Gasteiger partial charge in [-0.25, -0.2) is 0 Å².